The second-order valence-electron chi connectivity index (χ2n) is 5.25. The summed E-state index contributed by atoms with van der Waals surface area (Å²) >= 11 is 15.0. The maximum Gasteiger partial charge on any atom is 0.277 e. The molecule has 2 aromatic carbocycles. The first kappa shape index (κ1) is 19.8. The van der Waals surface area contributed by atoms with Gasteiger partial charge in [0.2, 0.25) is 0 Å². The number of thiophene rings is 1. The van der Waals surface area contributed by atoms with Gasteiger partial charge < -0.3 is 4.74 Å². The molecule has 0 saturated carbocycles. The van der Waals surface area contributed by atoms with Gasteiger partial charge in [0.25, 0.3) is 5.91 Å². The van der Waals surface area contributed by atoms with Gasteiger partial charge in [-0.1, -0.05) is 41.0 Å². The molecule has 1 N–H and O–H groups in total. The second-order valence-corrected chi connectivity index (χ2v) is 8.61. The number of ether oxygens (including phenoxy) is 1. The van der Waals surface area contributed by atoms with E-state index >= 15 is 0 Å². The van der Waals surface area contributed by atoms with E-state index in [9.17, 15) is 4.79 Å². The van der Waals surface area contributed by atoms with Gasteiger partial charge in [-0.3, -0.25) is 4.79 Å². The number of carbonyl (C=O) groups is 1. The Morgan fingerprint density at radius 3 is 2.70 bits per heavy atom. The van der Waals surface area contributed by atoms with Gasteiger partial charge in [0.1, 0.15) is 5.75 Å². The Balaban J connectivity index is 1.46. The molecule has 0 saturated heterocycles. The van der Waals surface area contributed by atoms with E-state index in [-0.39, 0.29) is 12.5 Å². The Morgan fingerprint density at radius 1 is 1.11 bits per heavy atom. The van der Waals surface area contributed by atoms with Crippen molar-refractivity contribution in [1.82, 2.24) is 5.43 Å². The van der Waals surface area contributed by atoms with E-state index in [2.05, 4.69) is 10.5 Å². The van der Waals surface area contributed by atoms with Crippen LogP contribution in [0.2, 0.25) is 10.0 Å². The van der Waals surface area contributed by atoms with Crippen LogP contribution in [0.25, 0.3) is 0 Å². The minimum Gasteiger partial charge on any atom is -0.484 e. The second kappa shape index (κ2) is 9.80. The number of nitrogens with zero attached hydrogens (tertiary/aromatic N) is 1. The molecule has 0 spiro atoms. The lowest BCUT2D eigenvalue weighted by Crippen LogP contribution is -2.24. The van der Waals surface area contributed by atoms with Crippen molar-refractivity contribution in [2.24, 2.45) is 5.10 Å². The first-order chi connectivity index (χ1) is 13.1. The number of benzene rings is 2. The molecule has 0 aliphatic heterocycles. The summed E-state index contributed by atoms with van der Waals surface area (Å²) in [5.41, 5.74) is 2.44. The number of halogens is 2. The summed E-state index contributed by atoms with van der Waals surface area (Å²) in [4.78, 5) is 13.8. The van der Waals surface area contributed by atoms with Crippen LogP contribution in [-0.4, -0.2) is 18.7 Å². The number of hydrazone groups is 1. The highest BCUT2D eigenvalue weighted by Crippen LogP contribution is 2.33. The molecule has 3 aromatic rings. The maximum absolute atomic E-state index is 11.8. The molecule has 0 unspecified atom stereocenters. The fourth-order valence-electron chi connectivity index (χ4n) is 1.98. The summed E-state index contributed by atoms with van der Waals surface area (Å²) in [5, 5.41) is 5.22. The standard InChI is InChI=1S/C19H14Cl2N2O2S2/c20-13-4-6-16(7-5-13)26-19-9-8-17(27-19)11-22-23-18(24)12-25-15-3-1-2-14(21)10-15/h1-11H,12H2,(H,23,24)/b22-11+. The van der Waals surface area contributed by atoms with Crippen molar-refractivity contribution < 1.29 is 9.53 Å². The average molecular weight is 437 g/mol. The number of rotatable bonds is 7. The Morgan fingerprint density at radius 2 is 1.93 bits per heavy atom. The van der Waals surface area contributed by atoms with Crippen molar-refractivity contribution >= 4 is 58.4 Å². The summed E-state index contributed by atoms with van der Waals surface area (Å²) in [7, 11) is 0. The van der Waals surface area contributed by atoms with Crippen LogP contribution in [0.1, 0.15) is 4.88 Å². The van der Waals surface area contributed by atoms with Crippen molar-refractivity contribution in [2.75, 3.05) is 6.61 Å². The predicted molar refractivity (Wildman–Crippen MR) is 113 cm³/mol. The lowest BCUT2D eigenvalue weighted by atomic mass is 10.3. The van der Waals surface area contributed by atoms with Gasteiger partial charge in [-0.25, -0.2) is 5.43 Å². The van der Waals surface area contributed by atoms with Gasteiger partial charge in [0.15, 0.2) is 6.61 Å². The van der Waals surface area contributed by atoms with Crippen LogP contribution in [0.4, 0.5) is 0 Å². The van der Waals surface area contributed by atoms with Crippen LogP contribution in [0.3, 0.4) is 0 Å². The lowest BCUT2D eigenvalue weighted by Gasteiger charge is -2.04. The normalized spacial score (nSPS) is 10.9. The molecule has 0 bridgehead atoms. The van der Waals surface area contributed by atoms with Crippen molar-refractivity contribution in [2.45, 2.75) is 9.10 Å². The van der Waals surface area contributed by atoms with Crippen molar-refractivity contribution in [3.05, 3.63) is 75.6 Å². The smallest absolute Gasteiger partial charge is 0.277 e. The van der Waals surface area contributed by atoms with Crippen LogP contribution in [-0.2, 0) is 4.79 Å². The van der Waals surface area contributed by atoms with Crippen LogP contribution in [0.5, 0.6) is 5.75 Å². The van der Waals surface area contributed by atoms with Gasteiger partial charge >= 0.3 is 0 Å². The lowest BCUT2D eigenvalue weighted by molar-refractivity contribution is -0.123. The van der Waals surface area contributed by atoms with E-state index in [0.29, 0.717) is 15.8 Å². The van der Waals surface area contributed by atoms with E-state index in [1.807, 2.05) is 36.4 Å². The molecule has 1 heterocycles. The molecule has 0 fully saturated rings. The van der Waals surface area contributed by atoms with Crippen LogP contribution in [0.15, 0.2) is 74.9 Å². The zero-order valence-corrected chi connectivity index (χ0v) is 17.0. The molecule has 138 valence electrons. The number of hydrogen-bond donors (Lipinski definition) is 1. The summed E-state index contributed by atoms with van der Waals surface area (Å²) < 4.78 is 6.47. The molecule has 4 nitrogen and oxygen atoms in total. The molecule has 8 heteroatoms. The highest BCUT2D eigenvalue weighted by molar-refractivity contribution is 8.01. The molecule has 0 aliphatic carbocycles. The number of hydrogen-bond acceptors (Lipinski definition) is 5. The largest absolute Gasteiger partial charge is 0.484 e. The number of nitrogens with one attached hydrogen (secondary N) is 1. The summed E-state index contributed by atoms with van der Waals surface area (Å²) in [6.07, 6.45) is 1.61. The molecule has 0 aliphatic rings. The van der Waals surface area contributed by atoms with Gasteiger partial charge in [-0.05, 0) is 54.6 Å². The highest BCUT2D eigenvalue weighted by Gasteiger charge is 2.03. The van der Waals surface area contributed by atoms with Gasteiger partial charge in [-0.2, -0.15) is 5.10 Å². The van der Waals surface area contributed by atoms with Gasteiger partial charge in [0.05, 0.1) is 10.4 Å². The summed E-state index contributed by atoms with van der Waals surface area (Å²) in [6, 6.07) is 18.5. The van der Waals surface area contributed by atoms with E-state index in [1.165, 1.54) is 0 Å². The minimum atomic E-state index is -0.349. The van der Waals surface area contributed by atoms with Crippen molar-refractivity contribution in [3.8, 4) is 5.75 Å². The zero-order chi connectivity index (χ0) is 19.1. The quantitative estimate of drug-likeness (QED) is 0.379. The Kier molecular flexibility index (Phi) is 7.18. The average Bonchev–Trinajstić information content (AvgIpc) is 3.09. The SMILES string of the molecule is O=C(COc1cccc(Cl)c1)N/N=C/c1ccc(Sc2ccc(Cl)cc2)s1. The van der Waals surface area contributed by atoms with E-state index in [0.717, 1.165) is 14.0 Å². The Bertz CT molecular complexity index is 943. The molecular formula is C19H14Cl2N2O2S2. The Labute approximate surface area is 175 Å². The molecule has 0 radical (unpaired) electrons. The van der Waals surface area contributed by atoms with Gasteiger partial charge in [0, 0.05) is 19.8 Å². The van der Waals surface area contributed by atoms with Crippen molar-refractivity contribution in [1.29, 1.82) is 0 Å². The van der Waals surface area contributed by atoms with Crippen LogP contribution in [0, 0.1) is 0 Å². The maximum atomic E-state index is 11.8. The van der Waals surface area contributed by atoms with Crippen molar-refractivity contribution in [3.63, 3.8) is 0 Å². The number of carbonyl (C=O) groups excluding carboxylic acids is 1. The third-order valence-electron chi connectivity index (χ3n) is 3.18. The monoisotopic (exact) mass is 436 g/mol. The fourth-order valence-corrected chi connectivity index (χ4v) is 4.28. The van der Waals surface area contributed by atoms with E-state index in [1.54, 1.807) is 53.6 Å². The fraction of sp³-hybridized carbons (Fsp3) is 0.0526. The summed E-state index contributed by atoms with van der Waals surface area (Å²) in [6.45, 7) is -0.139. The molecular weight excluding hydrogens is 423 g/mol. The molecule has 27 heavy (non-hydrogen) atoms. The predicted octanol–water partition coefficient (Wildman–Crippen LogP) is 5.74. The first-order valence-electron chi connectivity index (χ1n) is 7.82. The highest BCUT2D eigenvalue weighted by atomic mass is 35.5. The van der Waals surface area contributed by atoms with Crippen LogP contribution >= 0.6 is 46.3 Å². The molecule has 3 rings (SSSR count). The molecule has 0 atom stereocenters. The zero-order valence-electron chi connectivity index (χ0n) is 13.9. The minimum absolute atomic E-state index is 0.139. The third-order valence-corrected chi connectivity index (χ3v) is 5.83. The van der Waals surface area contributed by atoms with E-state index in [4.69, 9.17) is 27.9 Å². The Hall–Kier alpha value is -1.99. The molecule has 1 aromatic heterocycles. The van der Waals surface area contributed by atoms with Gasteiger partial charge in [-0.15, -0.1) is 11.3 Å². The summed E-state index contributed by atoms with van der Waals surface area (Å²) in [5.74, 6) is 0.183. The third kappa shape index (κ3) is 6.59. The van der Waals surface area contributed by atoms with Crippen LogP contribution < -0.4 is 10.2 Å². The number of amides is 1. The van der Waals surface area contributed by atoms with E-state index < -0.39 is 0 Å². The molecule has 1 amide bonds. The topological polar surface area (TPSA) is 50.7 Å². The first-order valence-corrected chi connectivity index (χ1v) is 10.2.